The van der Waals surface area contributed by atoms with Crippen molar-refractivity contribution in [1.29, 1.82) is 0 Å². The van der Waals surface area contributed by atoms with Crippen LogP contribution < -0.4 is 10.1 Å². The monoisotopic (exact) mass is 401 g/mol. The summed E-state index contributed by atoms with van der Waals surface area (Å²) in [6, 6.07) is 16.1. The number of rotatable bonds is 8. The zero-order chi connectivity index (χ0) is 19.9. The van der Waals surface area contributed by atoms with Crippen LogP contribution in [0.4, 0.5) is 4.39 Å². The fraction of sp³-hybridized carbons (Fsp3) is 0.238. The van der Waals surface area contributed by atoms with Crippen molar-refractivity contribution in [2.24, 2.45) is 0 Å². The van der Waals surface area contributed by atoms with Crippen molar-refractivity contribution in [3.63, 3.8) is 0 Å². The van der Waals surface area contributed by atoms with Gasteiger partial charge in [-0.2, -0.15) is 0 Å². The number of nitrogens with one attached hydrogen (secondary N) is 1. The number of aryl methyl sites for hydroxylation is 1. The highest BCUT2D eigenvalue weighted by molar-refractivity contribution is 6.31. The summed E-state index contributed by atoms with van der Waals surface area (Å²) in [5.41, 5.74) is 1.48. The third-order valence-electron chi connectivity index (χ3n) is 4.20. The molecule has 7 heteroatoms. The molecule has 1 atom stereocenters. The number of aromatic nitrogens is 2. The summed E-state index contributed by atoms with van der Waals surface area (Å²) in [6.45, 7) is 2.05. The Bertz CT molecular complexity index is 930. The molecule has 2 aromatic carbocycles. The average Bonchev–Trinajstić information content (AvgIpc) is 3.07. The number of carbonyl (C=O) groups is 1. The molecule has 1 N–H and O–H groups in total. The molecule has 1 aromatic heterocycles. The molecule has 3 rings (SSSR count). The molecular weight excluding hydrogens is 381 g/mol. The van der Waals surface area contributed by atoms with Gasteiger partial charge in [-0.05, 0) is 43.5 Å². The molecule has 1 amide bonds. The molecule has 0 radical (unpaired) electrons. The molecule has 1 heterocycles. The molecule has 0 bridgehead atoms. The number of halogens is 2. The number of hydrogen-bond acceptors (Lipinski definition) is 3. The number of benzene rings is 2. The van der Waals surface area contributed by atoms with Crippen LogP contribution in [-0.2, 0) is 11.2 Å². The molecule has 0 fully saturated rings. The first-order chi connectivity index (χ1) is 13.5. The van der Waals surface area contributed by atoms with Crippen molar-refractivity contribution in [3.05, 3.63) is 77.2 Å². The van der Waals surface area contributed by atoms with Crippen molar-refractivity contribution in [2.75, 3.05) is 6.54 Å². The molecule has 3 aromatic rings. The van der Waals surface area contributed by atoms with Crippen molar-refractivity contribution >= 4 is 17.5 Å². The van der Waals surface area contributed by atoms with Crippen molar-refractivity contribution in [1.82, 2.24) is 15.1 Å². The van der Waals surface area contributed by atoms with E-state index in [-0.39, 0.29) is 17.6 Å². The van der Waals surface area contributed by atoms with E-state index in [0.717, 1.165) is 5.69 Å². The third-order valence-corrected chi connectivity index (χ3v) is 4.46. The minimum absolute atomic E-state index is 0.194. The Hall–Kier alpha value is -2.86. The largest absolute Gasteiger partial charge is 0.462 e. The van der Waals surface area contributed by atoms with E-state index in [1.54, 1.807) is 36.0 Å². The maximum Gasteiger partial charge on any atom is 0.260 e. The number of amides is 1. The Morgan fingerprint density at radius 2 is 1.93 bits per heavy atom. The zero-order valence-electron chi connectivity index (χ0n) is 15.4. The molecule has 5 nitrogen and oxygen atoms in total. The van der Waals surface area contributed by atoms with Gasteiger partial charge in [0.2, 0.25) is 0 Å². The number of para-hydroxylation sites is 1. The van der Waals surface area contributed by atoms with E-state index in [1.807, 2.05) is 30.3 Å². The van der Waals surface area contributed by atoms with Crippen LogP contribution in [0.5, 0.6) is 5.88 Å². The second-order valence-electron chi connectivity index (χ2n) is 6.31. The lowest BCUT2D eigenvalue weighted by Gasteiger charge is -2.13. The lowest BCUT2D eigenvalue weighted by Crippen LogP contribution is -2.37. The second-order valence-corrected chi connectivity index (χ2v) is 6.72. The number of nitrogens with zero attached hydrogens (tertiary/aromatic N) is 2. The lowest BCUT2D eigenvalue weighted by molar-refractivity contribution is -0.127. The van der Waals surface area contributed by atoms with E-state index < -0.39 is 6.10 Å². The highest BCUT2D eigenvalue weighted by atomic mass is 35.5. The highest BCUT2D eigenvalue weighted by Crippen LogP contribution is 2.25. The molecule has 0 unspecified atom stereocenters. The number of carbonyl (C=O) groups excluding carboxylic acids is 1. The smallest absolute Gasteiger partial charge is 0.260 e. The summed E-state index contributed by atoms with van der Waals surface area (Å²) in [7, 11) is 0. The van der Waals surface area contributed by atoms with Gasteiger partial charge in [-0.15, -0.1) is 5.10 Å². The minimum atomic E-state index is -0.759. The summed E-state index contributed by atoms with van der Waals surface area (Å²) < 4.78 is 20.8. The SMILES string of the molecule is C[C@H](Oc1nn(-c2ccccc2)cc1Cl)C(=O)NCCCc1ccccc1F. The molecule has 0 spiro atoms. The van der Waals surface area contributed by atoms with Gasteiger partial charge < -0.3 is 10.1 Å². The minimum Gasteiger partial charge on any atom is -0.462 e. The summed E-state index contributed by atoms with van der Waals surface area (Å²) >= 11 is 6.18. The highest BCUT2D eigenvalue weighted by Gasteiger charge is 2.18. The van der Waals surface area contributed by atoms with Crippen LogP contribution in [0.3, 0.4) is 0 Å². The Balaban J connectivity index is 1.49. The van der Waals surface area contributed by atoms with Crippen LogP contribution in [0.1, 0.15) is 18.9 Å². The van der Waals surface area contributed by atoms with E-state index in [9.17, 15) is 9.18 Å². The Morgan fingerprint density at radius 1 is 1.21 bits per heavy atom. The van der Waals surface area contributed by atoms with Crippen LogP contribution in [0.25, 0.3) is 5.69 Å². The van der Waals surface area contributed by atoms with Gasteiger partial charge in [-0.3, -0.25) is 4.79 Å². The first-order valence-corrected chi connectivity index (χ1v) is 9.41. The van der Waals surface area contributed by atoms with Gasteiger partial charge in [0.25, 0.3) is 11.8 Å². The van der Waals surface area contributed by atoms with Gasteiger partial charge in [0.05, 0.1) is 11.9 Å². The van der Waals surface area contributed by atoms with Crippen molar-refractivity contribution < 1.29 is 13.9 Å². The third kappa shape index (κ3) is 5.10. The molecule has 0 saturated carbocycles. The van der Waals surface area contributed by atoms with Crippen LogP contribution in [0.2, 0.25) is 5.02 Å². The summed E-state index contributed by atoms with van der Waals surface area (Å²) in [6.07, 6.45) is 2.05. The zero-order valence-corrected chi connectivity index (χ0v) is 16.2. The van der Waals surface area contributed by atoms with Crippen molar-refractivity contribution in [3.8, 4) is 11.6 Å². The van der Waals surface area contributed by atoms with E-state index in [4.69, 9.17) is 16.3 Å². The molecular formula is C21H21ClFN3O2. The molecule has 0 saturated heterocycles. The molecule has 0 aliphatic carbocycles. The first kappa shape index (κ1) is 19.9. The van der Waals surface area contributed by atoms with Crippen LogP contribution in [0, 0.1) is 5.82 Å². The van der Waals surface area contributed by atoms with Crippen LogP contribution >= 0.6 is 11.6 Å². The first-order valence-electron chi connectivity index (χ1n) is 9.03. The summed E-state index contributed by atoms with van der Waals surface area (Å²) in [5, 5.41) is 7.40. The van der Waals surface area contributed by atoms with Gasteiger partial charge in [-0.25, -0.2) is 9.07 Å². The topological polar surface area (TPSA) is 56.2 Å². The summed E-state index contributed by atoms with van der Waals surface area (Å²) in [4.78, 5) is 12.2. The van der Waals surface area contributed by atoms with E-state index in [1.165, 1.54) is 6.07 Å². The normalized spacial score (nSPS) is 11.8. The Labute approximate surface area is 168 Å². The van der Waals surface area contributed by atoms with Gasteiger partial charge in [-0.1, -0.05) is 48.0 Å². The fourth-order valence-electron chi connectivity index (χ4n) is 2.69. The molecule has 0 aliphatic heterocycles. The number of hydrogen-bond donors (Lipinski definition) is 1. The van der Waals surface area contributed by atoms with Crippen LogP contribution in [0.15, 0.2) is 60.8 Å². The standard InChI is InChI=1S/C21H21ClFN3O2/c1-15(20(27)24-13-7-9-16-8-5-6-12-19(16)23)28-21-18(22)14-26(25-21)17-10-3-2-4-11-17/h2-6,8,10-12,14-15H,7,9,13H2,1H3,(H,24,27)/t15-/m0/s1. The fourth-order valence-corrected chi connectivity index (χ4v) is 2.86. The second kappa shape index (κ2) is 9.37. The molecule has 146 valence electrons. The maximum atomic E-state index is 13.6. The van der Waals surface area contributed by atoms with E-state index in [2.05, 4.69) is 10.4 Å². The lowest BCUT2D eigenvalue weighted by atomic mass is 10.1. The van der Waals surface area contributed by atoms with Gasteiger partial charge in [0.1, 0.15) is 10.8 Å². The summed E-state index contributed by atoms with van der Waals surface area (Å²) in [5.74, 6) is -0.312. The maximum absolute atomic E-state index is 13.6. The predicted octanol–water partition coefficient (Wildman–Crippen LogP) is 4.18. The van der Waals surface area contributed by atoms with E-state index >= 15 is 0 Å². The number of ether oxygens (including phenoxy) is 1. The van der Waals surface area contributed by atoms with Gasteiger partial charge in [0.15, 0.2) is 6.10 Å². The van der Waals surface area contributed by atoms with Gasteiger partial charge in [0, 0.05) is 6.54 Å². The quantitative estimate of drug-likeness (QED) is 0.576. The van der Waals surface area contributed by atoms with Crippen LogP contribution in [-0.4, -0.2) is 28.3 Å². The molecule has 28 heavy (non-hydrogen) atoms. The van der Waals surface area contributed by atoms with Crippen molar-refractivity contribution in [2.45, 2.75) is 25.9 Å². The van der Waals surface area contributed by atoms with E-state index in [0.29, 0.717) is 30.0 Å². The van der Waals surface area contributed by atoms with Gasteiger partial charge >= 0.3 is 0 Å². The Morgan fingerprint density at radius 3 is 2.68 bits per heavy atom. The average molecular weight is 402 g/mol. The molecule has 0 aliphatic rings. The Kier molecular flexibility index (Phi) is 6.66. The predicted molar refractivity (Wildman–Crippen MR) is 106 cm³/mol.